The van der Waals surface area contributed by atoms with Crippen molar-refractivity contribution in [3.8, 4) is 6.07 Å². The predicted octanol–water partition coefficient (Wildman–Crippen LogP) is 2.76. The van der Waals surface area contributed by atoms with Crippen LogP contribution in [0.2, 0.25) is 5.15 Å². The Balaban J connectivity index is 2.82. The first-order valence-corrected chi connectivity index (χ1v) is 4.13. The lowest BCUT2D eigenvalue weighted by molar-refractivity contribution is 1.36. The summed E-state index contributed by atoms with van der Waals surface area (Å²) in [7, 11) is 0. The summed E-state index contributed by atoms with van der Waals surface area (Å²) in [6.45, 7) is 0. The van der Waals surface area contributed by atoms with E-state index in [9.17, 15) is 0 Å². The SMILES string of the molecule is N#Cc1ccc2c(Cl)nccc2c1. The van der Waals surface area contributed by atoms with Crippen molar-refractivity contribution in [1.29, 1.82) is 5.26 Å². The van der Waals surface area contributed by atoms with Crippen LogP contribution in [0.3, 0.4) is 0 Å². The third-order valence-corrected chi connectivity index (χ3v) is 2.15. The van der Waals surface area contributed by atoms with E-state index >= 15 is 0 Å². The van der Waals surface area contributed by atoms with Gasteiger partial charge in [0.1, 0.15) is 5.15 Å². The minimum atomic E-state index is 0.474. The molecule has 0 saturated heterocycles. The van der Waals surface area contributed by atoms with Gasteiger partial charge in [-0.15, -0.1) is 0 Å². The molecular weight excluding hydrogens is 184 g/mol. The van der Waals surface area contributed by atoms with Gasteiger partial charge in [-0.1, -0.05) is 11.6 Å². The Morgan fingerprint density at radius 1 is 1.31 bits per heavy atom. The summed E-state index contributed by atoms with van der Waals surface area (Å²) in [4.78, 5) is 3.95. The van der Waals surface area contributed by atoms with Crippen molar-refractivity contribution < 1.29 is 0 Å². The van der Waals surface area contributed by atoms with Crippen LogP contribution in [0.1, 0.15) is 5.56 Å². The lowest BCUT2D eigenvalue weighted by Gasteiger charge is -1.98. The van der Waals surface area contributed by atoms with E-state index in [-0.39, 0.29) is 0 Å². The summed E-state index contributed by atoms with van der Waals surface area (Å²) in [5.74, 6) is 0. The molecule has 0 saturated carbocycles. The Hall–Kier alpha value is -1.59. The molecule has 0 unspecified atom stereocenters. The Kier molecular flexibility index (Phi) is 1.88. The van der Waals surface area contributed by atoms with Crippen molar-refractivity contribution in [2.24, 2.45) is 0 Å². The highest BCUT2D eigenvalue weighted by atomic mass is 35.5. The third kappa shape index (κ3) is 1.34. The minimum Gasteiger partial charge on any atom is -0.244 e. The van der Waals surface area contributed by atoms with Gasteiger partial charge in [0.05, 0.1) is 11.6 Å². The number of rotatable bonds is 0. The largest absolute Gasteiger partial charge is 0.244 e. The van der Waals surface area contributed by atoms with Crippen molar-refractivity contribution in [1.82, 2.24) is 4.98 Å². The molecule has 2 rings (SSSR count). The van der Waals surface area contributed by atoms with Crippen molar-refractivity contribution in [3.63, 3.8) is 0 Å². The summed E-state index contributed by atoms with van der Waals surface area (Å²) < 4.78 is 0. The van der Waals surface area contributed by atoms with Gasteiger partial charge >= 0.3 is 0 Å². The predicted molar refractivity (Wildman–Crippen MR) is 51.5 cm³/mol. The second-order valence-corrected chi connectivity index (χ2v) is 3.01. The van der Waals surface area contributed by atoms with Crippen LogP contribution in [0.15, 0.2) is 30.5 Å². The lowest BCUT2D eigenvalue weighted by Crippen LogP contribution is -1.80. The molecule has 2 nitrogen and oxygen atoms in total. The van der Waals surface area contributed by atoms with Gasteiger partial charge in [0.15, 0.2) is 0 Å². The third-order valence-electron chi connectivity index (χ3n) is 1.84. The van der Waals surface area contributed by atoms with E-state index in [1.54, 1.807) is 18.3 Å². The van der Waals surface area contributed by atoms with Crippen LogP contribution in [0.4, 0.5) is 0 Å². The Morgan fingerprint density at radius 3 is 2.92 bits per heavy atom. The van der Waals surface area contributed by atoms with Gasteiger partial charge in [-0.25, -0.2) is 4.98 Å². The molecule has 0 aliphatic rings. The van der Waals surface area contributed by atoms with Gasteiger partial charge in [0, 0.05) is 11.6 Å². The lowest BCUT2D eigenvalue weighted by atomic mass is 10.1. The molecule has 0 aliphatic heterocycles. The smallest absolute Gasteiger partial charge is 0.136 e. The first-order chi connectivity index (χ1) is 6.31. The van der Waals surface area contributed by atoms with Crippen LogP contribution in [-0.2, 0) is 0 Å². The van der Waals surface area contributed by atoms with Crippen molar-refractivity contribution in [2.75, 3.05) is 0 Å². The first-order valence-electron chi connectivity index (χ1n) is 3.75. The molecule has 0 spiro atoms. The van der Waals surface area contributed by atoms with Crippen molar-refractivity contribution in [2.45, 2.75) is 0 Å². The Bertz CT molecular complexity index is 500. The number of fused-ring (bicyclic) bond motifs is 1. The normalized spacial score (nSPS) is 9.85. The van der Waals surface area contributed by atoms with E-state index in [0.29, 0.717) is 10.7 Å². The zero-order valence-corrected chi connectivity index (χ0v) is 7.42. The molecule has 0 bridgehead atoms. The summed E-state index contributed by atoms with van der Waals surface area (Å²) in [6, 6.07) is 9.25. The second kappa shape index (κ2) is 3.04. The summed E-state index contributed by atoms with van der Waals surface area (Å²) >= 11 is 5.86. The number of nitrogens with zero attached hydrogens (tertiary/aromatic N) is 2. The van der Waals surface area contributed by atoms with Crippen LogP contribution in [0, 0.1) is 11.3 Å². The molecule has 2 aromatic rings. The van der Waals surface area contributed by atoms with E-state index in [1.807, 2.05) is 12.1 Å². The van der Waals surface area contributed by atoms with Crippen LogP contribution in [0.25, 0.3) is 10.8 Å². The molecule has 1 aromatic carbocycles. The van der Waals surface area contributed by atoms with Crippen molar-refractivity contribution >= 4 is 22.4 Å². The second-order valence-electron chi connectivity index (χ2n) is 2.65. The molecule has 1 heterocycles. The standard InChI is InChI=1S/C10H5ClN2/c11-10-9-2-1-7(6-12)5-8(9)3-4-13-10/h1-5H. The molecule has 0 aliphatic carbocycles. The van der Waals surface area contributed by atoms with E-state index in [2.05, 4.69) is 11.1 Å². The topological polar surface area (TPSA) is 36.7 Å². The number of halogens is 1. The fraction of sp³-hybridized carbons (Fsp3) is 0. The maximum absolute atomic E-state index is 8.67. The highest BCUT2D eigenvalue weighted by Gasteiger charge is 1.99. The zero-order chi connectivity index (χ0) is 9.26. The van der Waals surface area contributed by atoms with Crippen LogP contribution < -0.4 is 0 Å². The molecule has 0 amide bonds. The maximum Gasteiger partial charge on any atom is 0.136 e. The molecule has 0 radical (unpaired) electrons. The maximum atomic E-state index is 8.67. The van der Waals surface area contributed by atoms with Gasteiger partial charge in [-0.2, -0.15) is 5.26 Å². The average molecular weight is 189 g/mol. The summed E-state index contributed by atoms with van der Waals surface area (Å²) in [6.07, 6.45) is 1.63. The van der Waals surface area contributed by atoms with E-state index in [1.165, 1.54) is 0 Å². The average Bonchev–Trinajstić information content (AvgIpc) is 2.18. The van der Waals surface area contributed by atoms with Crippen LogP contribution >= 0.6 is 11.6 Å². The van der Waals surface area contributed by atoms with Crippen LogP contribution in [-0.4, -0.2) is 4.98 Å². The van der Waals surface area contributed by atoms with Gasteiger partial charge in [-0.05, 0) is 29.7 Å². The van der Waals surface area contributed by atoms with Gasteiger partial charge in [0.2, 0.25) is 0 Å². The Labute approximate surface area is 80.4 Å². The molecule has 1 aromatic heterocycles. The first kappa shape index (κ1) is 8.03. The molecule has 0 fully saturated rings. The van der Waals surface area contributed by atoms with E-state index < -0.39 is 0 Å². The number of nitriles is 1. The number of hydrogen-bond acceptors (Lipinski definition) is 2. The Morgan fingerprint density at radius 2 is 2.15 bits per heavy atom. The zero-order valence-electron chi connectivity index (χ0n) is 6.66. The van der Waals surface area contributed by atoms with Crippen molar-refractivity contribution in [3.05, 3.63) is 41.2 Å². The highest BCUT2D eigenvalue weighted by molar-refractivity contribution is 6.34. The molecule has 13 heavy (non-hydrogen) atoms. The quantitative estimate of drug-likeness (QED) is 0.596. The molecule has 62 valence electrons. The molecule has 0 atom stereocenters. The fourth-order valence-corrected chi connectivity index (χ4v) is 1.44. The summed E-state index contributed by atoms with van der Waals surface area (Å²) in [5, 5.41) is 11.0. The fourth-order valence-electron chi connectivity index (χ4n) is 1.21. The monoisotopic (exact) mass is 188 g/mol. The van der Waals surface area contributed by atoms with Gasteiger partial charge < -0.3 is 0 Å². The number of benzene rings is 1. The number of hydrogen-bond donors (Lipinski definition) is 0. The number of pyridine rings is 1. The molecular formula is C10H5ClN2. The molecule has 3 heteroatoms. The van der Waals surface area contributed by atoms with E-state index in [4.69, 9.17) is 16.9 Å². The van der Waals surface area contributed by atoms with Gasteiger partial charge in [0.25, 0.3) is 0 Å². The van der Waals surface area contributed by atoms with Crippen LogP contribution in [0.5, 0.6) is 0 Å². The molecule has 0 N–H and O–H groups in total. The minimum absolute atomic E-state index is 0.474. The van der Waals surface area contributed by atoms with E-state index in [0.717, 1.165) is 10.8 Å². The van der Waals surface area contributed by atoms with Gasteiger partial charge in [-0.3, -0.25) is 0 Å². The number of aromatic nitrogens is 1. The summed E-state index contributed by atoms with van der Waals surface area (Å²) in [5.41, 5.74) is 0.634. The highest BCUT2D eigenvalue weighted by Crippen LogP contribution is 2.21.